The Labute approximate surface area is 128 Å². The average Bonchev–Trinajstić information content (AvgIpc) is 2.38. The van der Waals surface area contributed by atoms with Crippen LogP contribution in [0.3, 0.4) is 0 Å². The van der Waals surface area contributed by atoms with E-state index >= 15 is 0 Å². The van der Waals surface area contributed by atoms with Crippen molar-refractivity contribution < 1.29 is 8.42 Å². The number of nitrogens with zero attached hydrogens (tertiary/aromatic N) is 2. The van der Waals surface area contributed by atoms with Gasteiger partial charge in [-0.05, 0) is 32.9 Å². The molecule has 0 saturated carbocycles. The highest BCUT2D eigenvalue weighted by Crippen LogP contribution is 2.22. The predicted molar refractivity (Wildman–Crippen MR) is 88.2 cm³/mol. The second kappa shape index (κ2) is 6.60. The van der Waals surface area contributed by atoms with Crippen LogP contribution in [0.4, 0.5) is 0 Å². The second-order valence-corrected chi connectivity index (χ2v) is 7.73. The van der Waals surface area contributed by atoms with Crippen LogP contribution in [0.5, 0.6) is 0 Å². The highest BCUT2D eigenvalue weighted by Gasteiger charge is 2.26. The highest BCUT2D eigenvalue weighted by molar-refractivity contribution is 7.90. The van der Waals surface area contributed by atoms with E-state index in [-0.39, 0.29) is 10.3 Å². The van der Waals surface area contributed by atoms with Crippen LogP contribution in [-0.2, 0) is 10.0 Å². The molecule has 0 atom stereocenters. The molecule has 0 amide bonds. The molecule has 0 aliphatic carbocycles. The van der Waals surface area contributed by atoms with Crippen molar-refractivity contribution in [1.82, 2.24) is 4.90 Å². The van der Waals surface area contributed by atoms with E-state index in [1.807, 2.05) is 46.4 Å². The summed E-state index contributed by atoms with van der Waals surface area (Å²) in [4.78, 5) is 2.23. The first-order valence-electron chi connectivity index (χ1n) is 7.29. The van der Waals surface area contributed by atoms with E-state index in [0.717, 1.165) is 18.7 Å². The first-order chi connectivity index (χ1) is 9.61. The third-order valence-corrected chi connectivity index (χ3v) is 4.54. The minimum atomic E-state index is -3.68. The van der Waals surface area contributed by atoms with Gasteiger partial charge in [0.25, 0.3) is 10.0 Å². The normalized spacial score (nSPS) is 13.3. The van der Waals surface area contributed by atoms with Crippen molar-refractivity contribution in [3.63, 3.8) is 0 Å². The SMILES string of the molecule is CCN(CC)/C(=N\S(=O)(=O)c1ccc(C)cc1)C(C)(C)C. The smallest absolute Gasteiger partial charge is 0.283 e. The topological polar surface area (TPSA) is 49.7 Å². The van der Waals surface area contributed by atoms with Gasteiger partial charge in [-0.3, -0.25) is 0 Å². The van der Waals surface area contributed by atoms with E-state index in [1.54, 1.807) is 24.3 Å². The van der Waals surface area contributed by atoms with Crippen molar-refractivity contribution in [3.8, 4) is 0 Å². The van der Waals surface area contributed by atoms with E-state index in [9.17, 15) is 8.42 Å². The maximum absolute atomic E-state index is 12.5. The van der Waals surface area contributed by atoms with Crippen LogP contribution in [0, 0.1) is 12.3 Å². The Kier molecular flexibility index (Phi) is 5.56. The molecule has 1 rings (SSSR count). The quantitative estimate of drug-likeness (QED) is 0.632. The number of aryl methyl sites for hydroxylation is 1. The van der Waals surface area contributed by atoms with Gasteiger partial charge in [-0.1, -0.05) is 38.5 Å². The number of hydrogen-bond acceptors (Lipinski definition) is 2. The molecule has 0 aromatic heterocycles. The summed E-state index contributed by atoms with van der Waals surface area (Å²) in [7, 11) is -3.68. The van der Waals surface area contributed by atoms with Gasteiger partial charge in [0.15, 0.2) is 0 Å². The largest absolute Gasteiger partial charge is 0.359 e. The van der Waals surface area contributed by atoms with Crippen molar-refractivity contribution in [2.45, 2.75) is 46.4 Å². The van der Waals surface area contributed by atoms with Gasteiger partial charge in [-0.25, -0.2) is 0 Å². The molecule has 118 valence electrons. The van der Waals surface area contributed by atoms with Crippen molar-refractivity contribution in [2.75, 3.05) is 13.1 Å². The molecule has 1 aromatic carbocycles. The Morgan fingerprint density at radius 3 is 1.95 bits per heavy atom. The Morgan fingerprint density at radius 1 is 1.10 bits per heavy atom. The molecule has 0 unspecified atom stereocenters. The molecule has 21 heavy (non-hydrogen) atoms. The van der Waals surface area contributed by atoms with Gasteiger partial charge in [0.05, 0.1) is 4.90 Å². The molecule has 0 bridgehead atoms. The van der Waals surface area contributed by atoms with Gasteiger partial charge in [-0.15, -0.1) is 4.40 Å². The minimum absolute atomic E-state index is 0.238. The summed E-state index contributed by atoms with van der Waals surface area (Å²) in [5.41, 5.74) is 0.696. The van der Waals surface area contributed by atoms with Gasteiger partial charge in [-0.2, -0.15) is 8.42 Å². The van der Waals surface area contributed by atoms with E-state index in [2.05, 4.69) is 4.40 Å². The molecule has 1 aromatic rings. The number of benzene rings is 1. The maximum atomic E-state index is 12.5. The van der Waals surface area contributed by atoms with Gasteiger partial charge in [0, 0.05) is 18.5 Å². The van der Waals surface area contributed by atoms with Gasteiger partial charge in [0.2, 0.25) is 0 Å². The van der Waals surface area contributed by atoms with Crippen LogP contribution >= 0.6 is 0 Å². The summed E-state index contributed by atoms with van der Waals surface area (Å²) >= 11 is 0. The predicted octanol–water partition coefficient (Wildman–Crippen LogP) is 3.47. The third kappa shape index (κ3) is 4.56. The van der Waals surface area contributed by atoms with Gasteiger partial charge >= 0.3 is 0 Å². The van der Waals surface area contributed by atoms with E-state index in [1.165, 1.54) is 0 Å². The fourth-order valence-corrected chi connectivity index (χ4v) is 3.27. The zero-order valence-corrected chi connectivity index (χ0v) is 14.7. The zero-order chi connectivity index (χ0) is 16.3. The Hall–Kier alpha value is -1.36. The summed E-state index contributed by atoms with van der Waals surface area (Å²) in [5, 5.41) is 0. The fraction of sp³-hybridized carbons (Fsp3) is 0.562. The highest BCUT2D eigenvalue weighted by atomic mass is 32.2. The molecule has 0 N–H and O–H groups in total. The Morgan fingerprint density at radius 2 is 1.57 bits per heavy atom. The molecule has 4 nitrogen and oxygen atoms in total. The number of hydrogen-bond donors (Lipinski definition) is 0. The van der Waals surface area contributed by atoms with E-state index in [4.69, 9.17) is 0 Å². The monoisotopic (exact) mass is 310 g/mol. The minimum Gasteiger partial charge on any atom is -0.359 e. The van der Waals surface area contributed by atoms with E-state index in [0.29, 0.717) is 5.84 Å². The first-order valence-corrected chi connectivity index (χ1v) is 8.73. The molecular weight excluding hydrogens is 284 g/mol. The lowest BCUT2D eigenvalue weighted by molar-refractivity contribution is 0.401. The summed E-state index contributed by atoms with van der Waals surface area (Å²) in [6.45, 7) is 13.3. The summed E-state index contributed by atoms with van der Waals surface area (Å²) in [6, 6.07) is 6.79. The van der Waals surface area contributed by atoms with Crippen LogP contribution in [0.2, 0.25) is 0 Å². The van der Waals surface area contributed by atoms with Crippen molar-refractivity contribution in [3.05, 3.63) is 29.8 Å². The second-order valence-electron chi connectivity index (χ2n) is 6.13. The molecular formula is C16H26N2O2S. The molecule has 0 fully saturated rings. The summed E-state index contributed by atoms with van der Waals surface area (Å²) < 4.78 is 29.2. The summed E-state index contributed by atoms with van der Waals surface area (Å²) in [5.74, 6) is 0.605. The van der Waals surface area contributed by atoms with Gasteiger partial charge in [0.1, 0.15) is 5.84 Å². The van der Waals surface area contributed by atoms with Crippen molar-refractivity contribution >= 4 is 15.9 Å². The summed E-state index contributed by atoms with van der Waals surface area (Å²) in [6.07, 6.45) is 0. The Bertz CT molecular complexity index is 592. The van der Waals surface area contributed by atoms with Crippen LogP contribution in [0.25, 0.3) is 0 Å². The number of rotatable bonds is 4. The maximum Gasteiger partial charge on any atom is 0.283 e. The number of sulfonamides is 1. The van der Waals surface area contributed by atoms with Crippen LogP contribution in [0.1, 0.15) is 40.2 Å². The Balaban J connectivity index is 3.35. The standard InChI is InChI=1S/C16H26N2O2S/c1-7-18(8-2)15(16(4,5)6)17-21(19,20)14-11-9-13(3)10-12-14/h9-12H,7-8H2,1-6H3/b17-15-. The van der Waals surface area contributed by atoms with Crippen LogP contribution < -0.4 is 0 Å². The molecule has 0 spiro atoms. The third-order valence-electron chi connectivity index (χ3n) is 3.26. The molecule has 0 heterocycles. The van der Waals surface area contributed by atoms with E-state index < -0.39 is 10.0 Å². The lowest BCUT2D eigenvalue weighted by Crippen LogP contribution is -2.40. The number of amidine groups is 1. The zero-order valence-electron chi connectivity index (χ0n) is 13.8. The first kappa shape index (κ1) is 17.7. The lowest BCUT2D eigenvalue weighted by Gasteiger charge is -2.31. The molecule has 0 aliphatic rings. The van der Waals surface area contributed by atoms with Crippen LogP contribution in [0.15, 0.2) is 33.6 Å². The average molecular weight is 310 g/mol. The van der Waals surface area contributed by atoms with Crippen LogP contribution in [-0.4, -0.2) is 32.2 Å². The molecule has 5 heteroatoms. The fourth-order valence-electron chi connectivity index (χ4n) is 2.07. The molecule has 0 radical (unpaired) electrons. The van der Waals surface area contributed by atoms with Crippen molar-refractivity contribution in [2.24, 2.45) is 9.81 Å². The molecule has 0 aliphatic heterocycles. The van der Waals surface area contributed by atoms with Crippen molar-refractivity contribution in [1.29, 1.82) is 0 Å². The molecule has 0 saturated heterocycles. The lowest BCUT2D eigenvalue weighted by atomic mass is 9.94. The van der Waals surface area contributed by atoms with Gasteiger partial charge < -0.3 is 4.90 Å².